The Hall–Kier alpha value is -2.57. The highest BCUT2D eigenvalue weighted by Gasteiger charge is 2.32. The van der Waals surface area contributed by atoms with Gasteiger partial charge in [0.05, 0.1) is 10.9 Å². The summed E-state index contributed by atoms with van der Waals surface area (Å²) in [5.41, 5.74) is 10.4. The van der Waals surface area contributed by atoms with Crippen molar-refractivity contribution in [3.8, 4) is 11.1 Å². The number of benzene rings is 1. The number of nitrogens with two attached hydrogens (primary N) is 1. The van der Waals surface area contributed by atoms with E-state index in [-0.39, 0.29) is 11.8 Å². The van der Waals surface area contributed by atoms with E-state index in [0.717, 1.165) is 32.4 Å². The van der Waals surface area contributed by atoms with E-state index in [0.29, 0.717) is 18.9 Å². The highest BCUT2D eigenvalue weighted by Crippen LogP contribution is 2.43. The normalized spacial score (nSPS) is 16.1. The average molecular weight is 413 g/mol. The third-order valence-electron chi connectivity index (χ3n) is 5.15. The van der Waals surface area contributed by atoms with Crippen molar-refractivity contribution in [3.05, 3.63) is 69.5 Å². The van der Waals surface area contributed by atoms with E-state index in [1.165, 1.54) is 23.0 Å². The largest absolute Gasteiger partial charge is 0.382 e. The molecule has 2 N–H and O–H groups in total. The van der Waals surface area contributed by atoms with E-state index >= 15 is 0 Å². The third-order valence-corrected chi connectivity index (χ3v) is 6.42. The van der Waals surface area contributed by atoms with Gasteiger partial charge in [0, 0.05) is 35.6 Å². The lowest BCUT2D eigenvalue weighted by atomic mass is 9.84. The van der Waals surface area contributed by atoms with Crippen LogP contribution in [0.25, 0.3) is 11.1 Å². The first-order valence-corrected chi connectivity index (χ1v) is 10.3. The Morgan fingerprint density at radius 3 is 2.89 bits per heavy atom. The first kappa shape index (κ1) is 18.8. The summed E-state index contributed by atoms with van der Waals surface area (Å²) in [6, 6.07) is 10.2. The topological polar surface area (TPSA) is 64.2 Å². The lowest BCUT2D eigenvalue weighted by Gasteiger charge is -2.33. The smallest absolute Gasteiger partial charge is 0.246 e. The molecule has 1 unspecified atom stereocenters. The molecule has 1 amide bonds. The number of carbonyl (C=O) groups is 1. The molecule has 0 spiro atoms. The number of anilines is 1. The summed E-state index contributed by atoms with van der Waals surface area (Å²) in [7, 11) is 0. The first-order chi connectivity index (χ1) is 13.5. The van der Waals surface area contributed by atoms with Crippen LogP contribution in [0.15, 0.2) is 49.2 Å². The fourth-order valence-electron chi connectivity index (χ4n) is 3.80. The number of hydrogen-bond donors (Lipinski definition) is 1. The van der Waals surface area contributed by atoms with Crippen LogP contribution in [0.4, 0.5) is 5.82 Å². The Balaban J connectivity index is 1.85. The molecule has 0 saturated carbocycles. The van der Waals surface area contributed by atoms with Crippen molar-refractivity contribution in [2.75, 3.05) is 12.3 Å². The third kappa shape index (κ3) is 3.23. The van der Waals surface area contributed by atoms with Crippen molar-refractivity contribution in [1.82, 2.24) is 14.7 Å². The summed E-state index contributed by atoms with van der Waals surface area (Å²) >= 11 is 7.86. The fraction of sp³-hybridized carbons (Fsp3) is 0.238. The zero-order valence-electron chi connectivity index (χ0n) is 15.6. The molecule has 0 saturated heterocycles. The van der Waals surface area contributed by atoms with E-state index in [9.17, 15) is 4.79 Å². The number of nitrogens with zero attached hydrogens (tertiary/aromatic N) is 3. The maximum atomic E-state index is 12.4. The number of fused-ring (bicyclic) bond motifs is 1. The summed E-state index contributed by atoms with van der Waals surface area (Å²) in [5, 5.41) is 4.39. The van der Waals surface area contributed by atoms with Crippen molar-refractivity contribution in [1.29, 1.82) is 0 Å². The molecule has 0 bridgehead atoms. The lowest BCUT2D eigenvalue weighted by Crippen LogP contribution is -2.37. The number of rotatable bonds is 4. The summed E-state index contributed by atoms with van der Waals surface area (Å²) < 4.78 is 2.57. The van der Waals surface area contributed by atoms with Gasteiger partial charge in [-0.2, -0.15) is 5.10 Å². The van der Waals surface area contributed by atoms with Gasteiger partial charge in [-0.15, -0.1) is 11.3 Å². The van der Waals surface area contributed by atoms with E-state index in [4.69, 9.17) is 17.3 Å². The molecule has 28 heavy (non-hydrogen) atoms. The highest BCUT2D eigenvalue weighted by molar-refractivity contribution is 7.16. The summed E-state index contributed by atoms with van der Waals surface area (Å²) in [5.74, 6) is 0.445. The molecule has 1 aliphatic heterocycles. The zero-order valence-corrected chi connectivity index (χ0v) is 17.1. The fourth-order valence-corrected chi connectivity index (χ4v) is 5.16. The Labute approximate surface area is 173 Å². The quantitative estimate of drug-likeness (QED) is 0.640. The van der Waals surface area contributed by atoms with Crippen molar-refractivity contribution in [2.45, 2.75) is 25.9 Å². The van der Waals surface area contributed by atoms with Crippen molar-refractivity contribution >= 4 is 34.7 Å². The van der Waals surface area contributed by atoms with Crippen molar-refractivity contribution in [2.24, 2.45) is 0 Å². The number of carbonyl (C=O) groups excluding carboxylic acids is 1. The number of hydrogen-bond acceptors (Lipinski definition) is 4. The van der Waals surface area contributed by atoms with Gasteiger partial charge in [-0.3, -0.25) is 9.48 Å². The Morgan fingerprint density at radius 1 is 1.39 bits per heavy atom. The Morgan fingerprint density at radius 2 is 2.18 bits per heavy atom. The Kier molecular flexibility index (Phi) is 5.00. The van der Waals surface area contributed by atoms with Crippen LogP contribution < -0.4 is 5.73 Å². The van der Waals surface area contributed by atoms with Gasteiger partial charge in [0.1, 0.15) is 0 Å². The second-order valence-corrected chi connectivity index (χ2v) is 8.54. The number of thiophene rings is 1. The number of aryl methyl sites for hydroxylation is 1. The molecule has 3 aromatic rings. The van der Waals surface area contributed by atoms with Crippen LogP contribution in [-0.2, 0) is 17.9 Å². The van der Waals surface area contributed by atoms with Crippen molar-refractivity contribution < 1.29 is 4.79 Å². The minimum absolute atomic E-state index is 0.0111. The lowest BCUT2D eigenvalue weighted by molar-refractivity contribution is -0.127. The molecule has 2 aromatic heterocycles. The van der Waals surface area contributed by atoms with Crippen LogP contribution >= 0.6 is 22.9 Å². The van der Waals surface area contributed by atoms with Crippen molar-refractivity contribution in [3.63, 3.8) is 0 Å². The van der Waals surface area contributed by atoms with Gasteiger partial charge in [0.2, 0.25) is 5.91 Å². The van der Waals surface area contributed by atoms with Gasteiger partial charge in [-0.1, -0.05) is 42.4 Å². The predicted molar refractivity (Wildman–Crippen MR) is 115 cm³/mol. The minimum Gasteiger partial charge on any atom is -0.382 e. The molecular weight excluding hydrogens is 392 g/mol. The molecule has 144 valence electrons. The van der Waals surface area contributed by atoms with Crippen LogP contribution in [0.1, 0.15) is 28.8 Å². The van der Waals surface area contributed by atoms with Gasteiger partial charge in [0.25, 0.3) is 0 Å². The van der Waals surface area contributed by atoms with Gasteiger partial charge >= 0.3 is 0 Å². The molecule has 5 nitrogen and oxygen atoms in total. The summed E-state index contributed by atoms with van der Waals surface area (Å²) in [6.45, 7) is 7.56. The van der Waals surface area contributed by atoms with E-state index in [1.807, 2.05) is 40.9 Å². The zero-order chi connectivity index (χ0) is 19.8. The molecule has 4 rings (SSSR count). The maximum absolute atomic E-state index is 12.4. The van der Waals surface area contributed by atoms with Crippen LogP contribution in [-0.4, -0.2) is 27.1 Å². The molecule has 3 heterocycles. The number of nitrogen functional groups attached to an aromatic ring is 1. The van der Waals surface area contributed by atoms with Crippen LogP contribution in [0.5, 0.6) is 0 Å². The molecule has 0 radical (unpaired) electrons. The van der Waals surface area contributed by atoms with Crippen LogP contribution in [0, 0.1) is 0 Å². The van der Waals surface area contributed by atoms with Crippen LogP contribution in [0.3, 0.4) is 0 Å². The molecule has 0 fully saturated rings. The molecule has 1 aromatic carbocycles. The number of halogens is 1. The van der Waals surface area contributed by atoms with E-state index < -0.39 is 0 Å². The first-order valence-electron chi connectivity index (χ1n) is 9.13. The van der Waals surface area contributed by atoms with Gasteiger partial charge in [0.15, 0.2) is 5.82 Å². The monoisotopic (exact) mass is 412 g/mol. The van der Waals surface area contributed by atoms with Gasteiger partial charge < -0.3 is 10.6 Å². The summed E-state index contributed by atoms with van der Waals surface area (Å²) in [4.78, 5) is 15.3. The van der Waals surface area contributed by atoms with E-state index in [1.54, 1.807) is 0 Å². The summed E-state index contributed by atoms with van der Waals surface area (Å²) in [6.07, 6.45) is 3.34. The average Bonchev–Trinajstić information content (AvgIpc) is 3.27. The molecule has 1 atom stereocenters. The maximum Gasteiger partial charge on any atom is 0.246 e. The molecular formula is C21H21ClN4OS. The van der Waals surface area contributed by atoms with Gasteiger partial charge in [-0.05, 0) is 35.8 Å². The minimum atomic E-state index is -0.0732. The predicted octanol–water partition coefficient (Wildman–Crippen LogP) is 4.53. The second kappa shape index (κ2) is 7.45. The second-order valence-electron chi connectivity index (χ2n) is 6.78. The highest BCUT2D eigenvalue weighted by atomic mass is 35.5. The molecule has 1 aliphatic rings. The molecule has 0 aliphatic carbocycles. The molecule has 7 heteroatoms. The SMILES string of the molecule is C=CC(=O)N1Cc2sc(Cl)cc2C(c2ccccc2-c2cn(CC)nc2N)C1. The Bertz CT molecular complexity index is 1050. The van der Waals surface area contributed by atoms with Crippen LogP contribution in [0.2, 0.25) is 4.34 Å². The van der Waals surface area contributed by atoms with E-state index in [2.05, 4.69) is 23.8 Å². The van der Waals surface area contributed by atoms with Gasteiger partial charge in [-0.25, -0.2) is 0 Å². The number of amides is 1. The standard InChI is InChI=1S/C21H21ClN4OS/c1-3-20(27)25-10-16(15-9-19(22)28-18(15)12-25)13-7-5-6-8-14(13)17-11-26(4-2)24-21(17)23/h3,5-9,11,16H,1,4,10,12H2,2H3,(H2,23,24). The number of aromatic nitrogens is 2.